The van der Waals surface area contributed by atoms with E-state index in [0.717, 1.165) is 4.90 Å². The number of nitrogens with zero attached hydrogens (tertiary/aromatic N) is 1. The quantitative estimate of drug-likeness (QED) is 0.343. The number of methoxy groups -OCH3 is 1. The van der Waals surface area contributed by atoms with Crippen LogP contribution >= 0.6 is 0 Å². The Kier molecular flexibility index (Phi) is 3.88. The third kappa shape index (κ3) is 2.45. The first-order valence-corrected chi connectivity index (χ1v) is 7.30. The normalized spacial score (nSPS) is 21.9. The van der Waals surface area contributed by atoms with Crippen molar-refractivity contribution in [2.75, 3.05) is 7.11 Å². The number of hydrogen-bond donors (Lipinski definition) is 1. The SMILES string of the molecule is COC(=O)CC(=O)C[C@H]1NC(=O)[C@@H]1N1C(=O)c2ccccc2C1=O. The van der Waals surface area contributed by atoms with Crippen LogP contribution < -0.4 is 5.32 Å². The Balaban J connectivity index is 1.76. The van der Waals surface area contributed by atoms with Crippen LogP contribution in [0.25, 0.3) is 0 Å². The van der Waals surface area contributed by atoms with E-state index in [0.29, 0.717) is 0 Å². The van der Waals surface area contributed by atoms with Crippen molar-refractivity contribution in [3.63, 3.8) is 0 Å². The van der Waals surface area contributed by atoms with E-state index in [2.05, 4.69) is 10.1 Å². The number of rotatable bonds is 5. The van der Waals surface area contributed by atoms with Gasteiger partial charge in [0.15, 0.2) is 0 Å². The van der Waals surface area contributed by atoms with Crippen LogP contribution in [0.5, 0.6) is 0 Å². The molecule has 1 aromatic carbocycles. The summed E-state index contributed by atoms with van der Waals surface area (Å²) in [5, 5.41) is 2.50. The van der Waals surface area contributed by atoms with E-state index in [4.69, 9.17) is 0 Å². The number of imide groups is 1. The number of ketones is 1. The van der Waals surface area contributed by atoms with E-state index in [1.54, 1.807) is 12.1 Å². The molecule has 0 unspecified atom stereocenters. The first-order valence-electron chi connectivity index (χ1n) is 7.30. The lowest BCUT2D eigenvalue weighted by Crippen LogP contribution is -2.70. The van der Waals surface area contributed by atoms with E-state index < -0.39 is 48.0 Å². The maximum atomic E-state index is 12.4. The van der Waals surface area contributed by atoms with Crippen LogP contribution in [0.1, 0.15) is 33.6 Å². The van der Waals surface area contributed by atoms with Crippen LogP contribution in [0.2, 0.25) is 0 Å². The molecule has 0 radical (unpaired) electrons. The molecule has 0 aromatic heterocycles. The van der Waals surface area contributed by atoms with E-state index in [9.17, 15) is 24.0 Å². The first kappa shape index (κ1) is 15.9. The average molecular weight is 330 g/mol. The molecule has 3 rings (SSSR count). The Bertz CT molecular complexity index is 737. The summed E-state index contributed by atoms with van der Waals surface area (Å²) >= 11 is 0. The van der Waals surface area contributed by atoms with Gasteiger partial charge in [-0.3, -0.25) is 28.9 Å². The zero-order chi connectivity index (χ0) is 17.4. The summed E-state index contributed by atoms with van der Waals surface area (Å²) in [5.41, 5.74) is 0.476. The lowest BCUT2D eigenvalue weighted by Gasteiger charge is -2.40. The van der Waals surface area contributed by atoms with E-state index in [-0.39, 0.29) is 17.5 Å². The molecule has 3 amide bonds. The lowest BCUT2D eigenvalue weighted by molar-refractivity contribution is -0.143. The first-order chi connectivity index (χ1) is 11.4. The number of nitrogens with one attached hydrogen (secondary N) is 1. The molecular formula is C16H14N2O6. The number of β-lactam (4-membered cyclic amide) rings is 1. The Hall–Kier alpha value is -3.03. The Morgan fingerprint density at radius 2 is 1.71 bits per heavy atom. The van der Waals surface area contributed by atoms with Gasteiger partial charge in [0.1, 0.15) is 18.2 Å². The van der Waals surface area contributed by atoms with Crippen molar-refractivity contribution < 1.29 is 28.7 Å². The molecule has 1 aromatic rings. The summed E-state index contributed by atoms with van der Waals surface area (Å²) < 4.78 is 4.41. The van der Waals surface area contributed by atoms with Gasteiger partial charge in [-0.05, 0) is 12.1 Å². The van der Waals surface area contributed by atoms with Crippen LogP contribution in [-0.4, -0.2) is 53.6 Å². The zero-order valence-corrected chi connectivity index (χ0v) is 12.8. The Labute approximate surface area is 136 Å². The van der Waals surface area contributed by atoms with Gasteiger partial charge in [0.2, 0.25) is 5.91 Å². The third-order valence-electron chi connectivity index (χ3n) is 4.10. The minimum atomic E-state index is -1.04. The number of hydrogen-bond acceptors (Lipinski definition) is 6. The molecule has 0 aliphatic carbocycles. The molecular weight excluding hydrogens is 316 g/mol. The van der Waals surface area contributed by atoms with Crippen molar-refractivity contribution in [1.82, 2.24) is 10.2 Å². The molecule has 2 aliphatic heterocycles. The largest absolute Gasteiger partial charge is 0.469 e. The number of fused-ring (bicyclic) bond motifs is 1. The van der Waals surface area contributed by atoms with Gasteiger partial charge in [0.05, 0.1) is 24.3 Å². The van der Waals surface area contributed by atoms with Gasteiger partial charge in [-0.2, -0.15) is 0 Å². The summed E-state index contributed by atoms with van der Waals surface area (Å²) in [4.78, 5) is 60.5. The summed E-state index contributed by atoms with van der Waals surface area (Å²) in [5.74, 6) is -2.72. The molecule has 2 aliphatic rings. The van der Waals surface area contributed by atoms with E-state index >= 15 is 0 Å². The lowest BCUT2D eigenvalue weighted by atomic mass is 9.91. The molecule has 8 nitrogen and oxygen atoms in total. The smallest absolute Gasteiger partial charge is 0.313 e. The highest BCUT2D eigenvalue weighted by atomic mass is 16.5. The maximum absolute atomic E-state index is 12.4. The van der Waals surface area contributed by atoms with Gasteiger partial charge in [-0.15, -0.1) is 0 Å². The minimum absolute atomic E-state index is 0.154. The van der Waals surface area contributed by atoms with Gasteiger partial charge in [-0.25, -0.2) is 0 Å². The van der Waals surface area contributed by atoms with Crippen LogP contribution in [0.4, 0.5) is 0 Å². The highest BCUT2D eigenvalue weighted by Gasteiger charge is 2.52. The summed E-state index contributed by atoms with van der Waals surface area (Å²) in [6.45, 7) is 0. The number of ether oxygens (including phenoxy) is 1. The molecule has 2 atom stereocenters. The van der Waals surface area contributed by atoms with Gasteiger partial charge in [0, 0.05) is 6.42 Å². The van der Waals surface area contributed by atoms with Crippen LogP contribution in [-0.2, 0) is 19.1 Å². The predicted octanol–water partition coefficient (Wildman–Crippen LogP) is -0.328. The fraction of sp³-hybridized carbons (Fsp3) is 0.312. The van der Waals surface area contributed by atoms with Gasteiger partial charge >= 0.3 is 5.97 Å². The predicted molar refractivity (Wildman–Crippen MR) is 78.9 cm³/mol. The Morgan fingerprint density at radius 3 is 2.21 bits per heavy atom. The standard InChI is InChI=1S/C16H14N2O6/c1-24-12(20)7-8(19)6-11-13(14(21)17-11)18-15(22)9-4-2-3-5-10(9)16(18)23/h2-5,11,13H,6-7H2,1H3,(H,17,21)/t11-,13-/m1/s1. The second-order valence-corrected chi connectivity index (χ2v) is 5.58. The summed E-state index contributed by atoms with van der Waals surface area (Å²) in [7, 11) is 1.17. The van der Waals surface area contributed by atoms with Crippen molar-refractivity contribution in [2.45, 2.75) is 24.9 Å². The second-order valence-electron chi connectivity index (χ2n) is 5.58. The van der Waals surface area contributed by atoms with Crippen molar-refractivity contribution in [3.05, 3.63) is 35.4 Å². The molecule has 0 bridgehead atoms. The molecule has 24 heavy (non-hydrogen) atoms. The van der Waals surface area contributed by atoms with Gasteiger partial charge in [0.25, 0.3) is 11.8 Å². The molecule has 1 fully saturated rings. The number of Topliss-reactive ketones (excluding diaryl/α,β-unsaturated/α-hetero) is 1. The molecule has 2 heterocycles. The second kappa shape index (κ2) is 5.88. The fourth-order valence-electron chi connectivity index (χ4n) is 2.90. The van der Waals surface area contributed by atoms with Crippen molar-refractivity contribution in [1.29, 1.82) is 0 Å². The molecule has 8 heteroatoms. The van der Waals surface area contributed by atoms with E-state index in [1.807, 2.05) is 0 Å². The number of carbonyl (C=O) groups is 5. The molecule has 1 N–H and O–H groups in total. The molecule has 0 spiro atoms. The number of benzene rings is 1. The Morgan fingerprint density at radius 1 is 1.12 bits per heavy atom. The number of esters is 1. The molecule has 0 saturated carbocycles. The highest BCUT2D eigenvalue weighted by molar-refractivity contribution is 6.23. The van der Waals surface area contributed by atoms with Crippen molar-refractivity contribution in [2.24, 2.45) is 0 Å². The van der Waals surface area contributed by atoms with Crippen LogP contribution in [0.3, 0.4) is 0 Å². The number of carbonyl (C=O) groups excluding carboxylic acids is 5. The zero-order valence-electron chi connectivity index (χ0n) is 12.8. The highest BCUT2D eigenvalue weighted by Crippen LogP contribution is 2.29. The third-order valence-corrected chi connectivity index (χ3v) is 4.10. The monoisotopic (exact) mass is 330 g/mol. The number of amides is 3. The summed E-state index contributed by atoms with van der Waals surface area (Å²) in [6, 6.07) is 4.56. The maximum Gasteiger partial charge on any atom is 0.313 e. The van der Waals surface area contributed by atoms with Gasteiger partial charge in [-0.1, -0.05) is 12.1 Å². The fourth-order valence-corrected chi connectivity index (χ4v) is 2.90. The minimum Gasteiger partial charge on any atom is -0.469 e. The van der Waals surface area contributed by atoms with Crippen LogP contribution in [0.15, 0.2) is 24.3 Å². The molecule has 124 valence electrons. The van der Waals surface area contributed by atoms with Crippen LogP contribution in [0, 0.1) is 0 Å². The average Bonchev–Trinajstić information content (AvgIpc) is 2.80. The molecule has 1 saturated heterocycles. The van der Waals surface area contributed by atoms with Gasteiger partial charge < -0.3 is 10.1 Å². The van der Waals surface area contributed by atoms with E-state index in [1.165, 1.54) is 19.2 Å². The van der Waals surface area contributed by atoms with Crippen molar-refractivity contribution in [3.8, 4) is 0 Å². The summed E-state index contributed by atoms with van der Waals surface area (Å²) in [6.07, 6.45) is -0.573. The topological polar surface area (TPSA) is 110 Å². The van der Waals surface area contributed by atoms with Crippen molar-refractivity contribution >= 4 is 29.5 Å².